The second-order valence-electron chi connectivity index (χ2n) is 3.87. The average molecular weight is 264 g/mol. The monoisotopic (exact) mass is 264 g/mol. The van der Waals surface area contributed by atoms with Gasteiger partial charge in [0.05, 0.1) is 12.1 Å². The van der Waals surface area contributed by atoms with Gasteiger partial charge in [-0.1, -0.05) is 36.0 Å². The molecule has 0 atom stereocenters. The lowest BCUT2D eigenvalue weighted by atomic mass is 10.2. The molecule has 0 aliphatic rings. The molecule has 0 saturated carbocycles. The minimum atomic E-state index is 0.311. The molecule has 0 heterocycles. The number of hydrogen-bond acceptors (Lipinski definition) is 2. The molecule has 0 amide bonds. The molecule has 0 saturated heterocycles. The predicted molar refractivity (Wildman–Crippen MR) is 73.4 cm³/mol. The zero-order valence-corrected chi connectivity index (χ0v) is 11.4. The molecule has 0 nitrogen and oxygen atoms in total. The van der Waals surface area contributed by atoms with Crippen molar-refractivity contribution in [3.8, 4) is 0 Å². The molecule has 0 N–H and O–H groups in total. The zero-order chi connectivity index (χ0) is 12.3. The lowest BCUT2D eigenvalue weighted by Crippen LogP contribution is -1.81. The van der Waals surface area contributed by atoms with E-state index in [0.29, 0.717) is 17.0 Å². The Morgan fingerprint density at radius 1 is 0.882 bits per heavy atom. The normalized spacial score (nSPS) is 10.5. The highest BCUT2D eigenvalue weighted by Gasteiger charge is 2.04. The van der Waals surface area contributed by atoms with Gasteiger partial charge in [0.15, 0.2) is 0 Å². The van der Waals surface area contributed by atoms with Crippen molar-refractivity contribution < 1.29 is 3.89 Å². The van der Waals surface area contributed by atoms with Crippen LogP contribution in [0.3, 0.4) is 0 Å². The van der Waals surface area contributed by atoms with Crippen LogP contribution in [-0.4, -0.2) is 0 Å². The summed E-state index contributed by atoms with van der Waals surface area (Å²) in [5.74, 6) is 0. The Balaban J connectivity index is 2.28. The van der Waals surface area contributed by atoms with Gasteiger partial charge in [-0.15, -0.1) is 0 Å². The average Bonchev–Trinajstić information content (AvgIpc) is 2.34. The third-order valence-electron chi connectivity index (χ3n) is 2.56. The molecule has 0 aliphatic heterocycles. The van der Waals surface area contributed by atoms with Crippen LogP contribution in [0.1, 0.15) is 11.1 Å². The van der Waals surface area contributed by atoms with Gasteiger partial charge in [0.2, 0.25) is 0 Å². The van der Waals surface area contributed by atoms with E-state index in [9.17, 15) is 3.89 Å². The van der Waals surface area contributed by atoms with Crippen molar-refractivity contribution >= 4 is 23.9 Å². The van der Waals surface area contributed by atoms with E-state index in [1.165, 1.54) is 10.5 Å². The van der Waals surface area contributed by atoms with Crippen molar-refractivity contribution in [2.24, 2.45) is 0 Å². The molecule has 2 aromatic carbocycles. The van der Waals surface area contributed by atoms with E-state index in [4.69, 9.17) is 0 Å². The molecular weight excluding hydrogens is 251 g/mol. The molecule has 0 spiro atoms. The highest BCUT2D eigenvalue weighted by Crippen LogP contribution is 2.34. The summed E-state index contributed by atoms with van der Waals surface area (Å²) in [6.45, 7) is 4.01. The first-order valence-corrected chi connectivity index (χ1v) is 6.87. The topological polar surface area (TPSA) is 0 Å². The standard InChI is InChI=1S/C14H13FS2/c1-10-5-3-4-6-13(10)16-12-8-7-11(2)14(9-12)17-15/h3-9H,1-2H3. The van der Waals surface area contributed by atoms with E-state index in [2.05, 4.69) is 19.1 Å². The largest absolute Gasteiger partial charge is 0.160 e. The summed E-state index contributed by atoms with van der Waals surface area (Å²) in [6.07, 6.45) is 0. The Labute approximate surface area is 110 Å². The Hall–Kier alpha value is -0.930. The number of rotatable bonds is 3. The van der Waals surface area contributed by atoms with Crippen molar-refractivity contribution in [2.75, 3.05) is 0 Å². The van der Waals surface area contributed by atoms with Gasteiger partial charge in [0.1, 0.15) is 0 Å². The Morgan fingerprint density at radius 2 is 1.59 bits per heavy atom. The quantitative estimate of drug-likeness (QED) is 0.725. The first-order valence-electron chi connectivity index (χ1n) is 5.33. The Morgan fingerprint density at radius 3 is 2.29 bits per heavy atom. The maximum atomic E-state index is 12.7. The molecule has 0 radical (unpaired) electrons. The third kappa shape index (κ3) is 3.05. The Kier molecular flexibility index (Phi) is 4.13. The molecule has 0 unspecified atom stereocenters. The van der Waals surface area contributed by atoms with Gasteiger partial charge >= 0.3 is 0 Å². The van der Waals surface area contributed by atoms with Crippen LogP contribution in [0.4, 0.5) is 3.89 Å². The molecule has 0 bridgehead atoms. The minimum Gasteiger partial charge on any atom is -0.160 e. The van der Waals surface area contributed by atoms with Crippen LogP contribution < -0.4 is 0 Å². The fourth-order valence-electron chi connectivity index (χ4n) is 1.52. The number of halogens is 1. The van der Waals surface area contributed by atoms with Crippen LogP contribution in [-0.2, 0) is 0 Å². The fraction of sp³-hybridized carbons (Fsp3) is 0.143. The smallest absolute Gasteiger partial charge is 0.0815 e. The summed E-state index contributed by atoms with van der Waals surface area (Å²) >= 11 is 1.98. The molecule has 3 heteroatoms. The predicted octanol–water partition coefficient (Wildman–Crippen LogP) is 5.43. The van der Waals surface area contributed by atoms with Crippen molar-refractivity contribution in [2.45, 2.75) is 28.5 Å². The van der Waals surface area contributed by atoms with E-state index in [1.54, 1.807) is 11.8 Å². The second-order valence-corrected chi connectivity index (χ2v) is 5.58. The zero-order valence-electron chi connectivity index (χ0n) is 9.74. The van der Waals surface area contributed by atoms with E-state index in [-0.39, 0.29) is 0 Å². The molecule has 88 valence electrons. The molecule has 0 aromatic heterocycles. The molecule has 0 fully saturated rings. The van der Waals surface area contributed by atoms with Gasteiger partial charge in [0, 0.05) is 14.7 Å². The molecule has 17 heavy (non-hydrogen) atoms. The van der Waals surface area contributed by atoms with Gasteiger partial charge < -0.3 is 0 Å². The van der Waals surface area contributed by atoms with Gasteiger partial charge in [-0.25, -0.2) is 0 Å². The summed E-state index contributed by atoms with van der Waals surface area (Å²) in [5, 5.41) is 0. The van der Waals surface area contributed by atoms with Crippen molar-refractivity contribution in [1.29, 1.82) is 0 Å². The first-order chi connectivity index (χ1) is 8.20. The molecule has 2 aromatic rings. The summed E-state index contributed by atoms with van der Waals surface area (Å²) in [4.78, 5) is 2.99. The minimum absolute atomic E-state index is 0.311. The SMILES string of the molecule is Cc1ccc(Sc2ccccc2C)cc1SF. The van der Waals surface area contributed by atoms with Crippen LogP contribution >= 0.6 is 23.9 Å². The lowest BCUT2D eigenvalue weighted by molar-refractivity contribution is 0.930. The van der Waals surface area contributed by atoms with Crippen LogP contribution in [0.5, 0.6) is 0 Å². The molecular formula is C14H13FS2. The van der Waals surface area contributed by atoms with E-state index in [1.807, 2.05) is 37.3 Å². The summed E-state index contributed by atoms with van der Waals surface area (Å²) in [7, 11) is 0. The maximum absolute atomic E-state index is 12.7. The fourth-order valence-corrected chi connectivity index (χ4v) is 2.90. The van der Waals surface area contributed by atoms with Gasteiger partial charge in [0.25, 0.3) is 0 Å². The van der Waals surface area contributed by atoms with Crippen LogP contribution in [0, 0.1) is 13.8 Å². The van der Waals surface area contributed by atoms with Crippen LogP contribution in [0.2, 0.25) is 0 Å². The summed E-state index contributed by atoms with van der Waals surface area (Å²) < 4.78 is 12.7. The highest BCUT2D eigenvalue weighted by molar-refractivity contribution is 7.99. The third-order valence-corrected chi connectivity index (χ3v) is 4.34. The number of benzene rings is 2. The molecule has 0 aliphatic carbocycles. The van der Waals surface area contributed by atoms with E-state index >= 15 is 0 Å². The maximum Gasteiger partial charge on any atom is 0.0815 e. The van der Waals surface area contributed by atoms with Crippen molar-refractivity contribution in [3.05, 3.63) is 53.6 Å². The first kappa shape index (κ1) is 12.5. The van der Waals surface area contributed by atoms with E-state index in [0.717, 1.165) is 10.5 Å². The van der Waals surface area contributed by atoms with Crippen LogP contribution in [0.25, 0.3) is 0 Å². The van der Waals surface area contributed by atoms with E-state index < -0.39 is 0 Å². The Bertz CT molecular complexity index is 523. The summed E-state index contributed by atoms with van der Waals surface area (Å²) in [6, 6.07) is 14.1. The number of aryl methyl sites for hydroxylation is 2. The van der Waals surface area contributed by atoms with Crippen molar-refractivity contribution in [1.82, 2.24) is 0 Å². The van der Waals surface area contributed by atoms with Crippen molar-refractivity contribution in [3.63, 3.8) is 0 Å². The highest BCUT2D eigenvalue weighted by atomic mass is 32.2. The van der Waals surface area contributed by atoms with Crippen LogP contribution in [0.15, 0.2) is 57.2 Å². The lowest BCUT2D eigenvalue weighted by Gasteiger charge is -2.07. The second kappa shape index (κ2) is 5.61. The summed E-state index contributed by atoms with van der Waals surface area (Å²) in [5.41, 5.74) is 2.22. The van der Waals surface area contributed by atoms with Gasteiger partial charge in [-0.2, -0.15) is 3.89 Å². The van der Waals surface area contributed by atoms with Gasteiger partial charge in [-0.05, 0) is 43.2 Å². The molecule has 2 rings (SSSR count). The van der Waals surface area contributed by atoms with Gasteiger partial charge in [-0.3, -0.25) is 0 Å². The number of hydrogen-bond donors (Lipinski definition) is 0.